The first-order chi connectivity index (χ1) is 54.0. The molecule has 0 bridgehead atoms. The number of phosphoric ester groups is 2. The van der Waals surface area contributed by atoms with Gasteiger partial charge in [0.25, 0.3) is 0 Å². The molecule has 0 amide bonds. The van der Waals surface area contributed by atoms with E-state index in [-0.39, 0.29) is 25.7 Å². The van der Waals surface area contributed by atoms with Gasteiger partial charge in [-0.3, -0.25) is 37.3 Å². The summed E-state index contributed by atoms with van der Waals surface area (Å²) in [6.07, 6.45) is 81.1. The van der Waals surface area contributed by atoms with Crippen LogP contribution < -0.4 is 0 Å². The third kappa shape index (κ3) is 85.8. The van der Waals surface area contributed by atoms with Gasteiger partial charge < -0.3 is 33.8 Å². The molecular formula is C92H180O17P2. The van der Waals surface area contributed by atoms with E-state index >= 15 is 0 Å². The molecule has 0 heterocycles. The molecule has 0 aliphatic rings. The van der Waals surface area contributed by atoms with Gasteiger partial charge in [-0.15, -0.1) is 0 Å². The summed E-state index contributed by atoms with van der Waals surface area (Å²) in [5, 5.41) is 10.7. The van der Waals surface area contributed by atoms with Gasteiger partial charge in [0, 0.05) is 25.7 Å². The summed E-state index contributed by atoms with van der Waals surface area (Å²) in [6, 6.07) is 0. The molecule has 0 fully saturated rings. The summed E-state index contributed by atoms with van der Waals surface area (Å²) in [5.74, 6) is -1.28. The second kappa shape index (κ2) is 84.5. The van der Waals surface area contributed by atoms with Crippen LogP contribution in [0.5, 0.6) is 0 Å². The zero-order valence-electron chi connectivity index (χ0n) is 73.1. The van der Waals surface area contributed by atoms with Crippen LogP contribution in [0.1, 0.15) is 503 Å². The van der Waals surface area contributed by atoms with Crippen molar-refractivity contribution in [2.45, 2.75) is 522 Å². The zero-order chi connectivity index (χ0) is 81.1. The molecule has 0 aromatic rings. The van der Waals surface area contributed by atoms with E-state index in [4.69, 9.17) is 37.0 Å². The first-order valence-electron chi connectivity index (χ1n) is 47.6. The lowest BCUT2D eigenvalue weighted by Gasteiger charge is -2.21. The Morgan fingerprint density at radius 2 is 0.414 bits per heavy atom. The minimum Gasteiger partial charge on any atom is -0.462 e. The van der Waals surface area contributed by atoms with Crippen LogP contribution in [0.4, 0.5) is 0 Å². The van der Waals surface area contributed by atoms with Gasteiger partial charge in [-0.25, -0.2) is 9.13 Å². The van der Waals surface area contributed by atoms with Crippen LogP contribution in [-0.4, -0.2) is 96.7 Å². The molecule has 17 nitrogen and oxygen atoms in total. The largest absolute Gasteiger partial charge is 0.472 e. The number of esters is 4. The molecule has 5 atom stereocenters. The maximum atomic E-state index is 13.2. The topological polar surface area (TPSA) is 237 Å². The van der Waals surface area contributed by atoms with E-state index in [9.17, 15) is 43.2 Å². The third-order valence-corrected chi connectivity index (χ3v) is 23.7. The third-order valence-electron chi connectivity index (χ3n) is 21.8. The average molecular weight is 1620 g/mol. The second-order valence-electron chi connectivity index (χ2n) is 33.5. The van der Waals surface area contributed by atoms with Crippen molar-refractivity contribution in [1.29, 1.82) is 0 Å². The highest BCUT2D eigenvalue weighted by molar-refractivity contribution is 7.47. The van der Waals surface area contributed by atoms with E-state index in [1.807, 2.05) is 0 Å². The van der Waals surface area contributed by atoms with E-state index < -0.39 is 97.5 Å². The fourth-order valence-electron chi connectivity index (χ4n) is 14.5. The van der Waals surface area contributed by atoms with Gasteiger partial charge in [-0.1, -0.05) is 452 Å². The summed E-state index contributed by atoms with van der Waals surface area (Å²) in [6.45, 7) is 7.39. The number of aliphatic hydroxyl groups excluding tert-OH is 1. The van der Waals surface area contributed by atoms with Gasteiger partial charge in [0.15, 0.2) is 12.2 Å². The van der Waals surface area contributed by atoms with Crippen LogP contribution in [0.3, 0.4) is 0 Å². The van der Waals surface area contributed by atoms with Gasteiger partial charge in [-0.05, 0) is 31.6 Å². The molecule has 3 N–H and O–H groups in total. The number of hydrogen-bond donors (Lipinski definition) is 3. The van der Waals surface area contributed by atoms with Crippen molar-refractivity contribution in [1.82, 2.24) is 0 Å². The normalized spacial score (nSPS) is 13.7. The fourth-order valence-corrected chi connectivity index (χ4v) is 16.1. The molecule has 0 spiro atoms. The first-order valence-corrected chi connectivity index (χ1v) is 50.6. The highest BCUT2D eigenvalue weighted by Gasteiger charge is 2.31. The fraction of sp³-hybridized carbons (Fsp3) is 0.957. The second-order valence-corrected chi connectivity index (χ2v) is 36.4. The van der Waals surface area contributed by atoms with E-state index in [0.717, 1.165) is 109 Å². The molecule has 2 unspecified atom stereocenters. The number of rotatable bonds is 92. The lowest BCUT2D eigenvalue weighted by Crippen LogP contribution is -2.30. The molecule has 111 heavy (non-hydrogen) atoms. The summed E-state index contributed by atoms with van der Waals surface area (Å²) < 4.78 is 68.9. The van der Waals surface area contributed by atoms with Crippen molar-refractivity contribution in [3.8, 4) is 0 Å². The Morgan fingerprint density at radius 1 is 0.243 bits per heavy atom. The first kappa shape index (κ1) is 109. The van der Waals surface area contributed by atoms with Gasteiger partial charge in [0.05, 0.1) is 26.4 Å². The molecule has 0 aromatic heterocycles. The maximum absolute atomic E-state index is 13.2. The standard InChI is InChI=1S/C92H180O17P2/c1-6-9-12-15-18-20-22-24-26-28-30-32-34-36-42-46-50-54-58-63-68-73-78-92(97)109-88(82-103-90(95)76-71-66-61-56-52-48-44-40-38-37-39-43-47-51-55-60-64-69-74-85(4)5)84-107-111(100,101)105-80-86(93)79-104-110(98,99)106-83-87(81-102-89(94)75-70-65-59-17-14-11-8-3)108-91(96)77-72-67-62-57-53-49-45-41-35-33-31-29-27-25-23-21-19-16-13-10-7-2/h85-88,93H,6-84H2,1-5H3,(H,98,99)(H,100,101)/t86-,87+,88+/m0/s1. The molecule has 0 aliphatic carbocycles. The van der Waals surface area contributed by atoms with Crippen LogP contribution in [-0.2, 0) is 65.4 Å². The number of ether oxygens (including phenoxy) is 4. The van der Waals surface area contributed by atoms with E-state index in [2.05, 4.69) is 34.6 Å². The van der Waals surface area contributed by atoms with Crippen molar-refractivity contribution in [2.24, 2.45) is 5.92 Å². The Bertz CT molecular complexity index is 2100. The quantitative estimate of drug-likeness (QED) is 0.0222. The Labute approximate surface area is 683 Å². The van der Waals surface area contributed by atoms with Crippen LogP contribution in [0.25, 0.3) is 0 Å². The Morgan fingerprint density at radius 3 is 0.613 bits per heavy atom. The minimum absolute atomic E-state index is 0.109. The predicted molar refractivity (Wildman–Crippen MR) is 460 cm³/mol. The monoisotopic (exact) mass is 1620 g/mol. The van der Waals surface area contributed by atoms with Crippen molar-refractivity contribution < 1.29 is 80.2 Å². The molecule has 0 saturated heterocycles. The summed E-state index contributed by atoms with van der Waals surface area (Å²) in [7, 11) is -9.93. The highest BCUT2D eigenvalue weighted by atomic mass is 31.2. The van der Waals surface area contributed by atoms with Crippen molar-refractivity contribution >= 4 is 39.5 Å². The number of aliphatic hydroxyl groups is 1. The van der Waals surface area contributed by atoms with E-state index in [1.165, 1.54) is 315 Å². The van der Waals surface area contributed by atoms with Gasteiger partial charge in [0.2, 0.25) is 0 Å². The van der Waals surface area contributed by atoms with E-state index in [0.29, 0.717) is 25.7 Å². The number of hydrogen-bond acceptors (Lipinski definition) is 15. The van der Waals surface area contributed by atoms with Crippen molar-refractivity contribution in [3.05, 3.63) is 0 Å². The lowest BCUT2D eigenvalue weighted by atomic mass is 10.0. The van der Waals surface area contributed by atoms with Crippen molar-refractivity contribution in [2.75, 3.05) is 39.6 Å². The smallest absolute Gasteiger partial charge is 0.462 e. The SMILES string of the molecule is CCCCCCCCCCCCCCCCCCCCCCCCC(=O)O[C@H](COC(=O)CCCCCCCCCCCCCCCCCCCCC(C)C)COP(=O)(O)OC[C@@H](O)COP(=O)(O)OC[C@@H](COC(=O)CCCCCCCCC)OC(=O)CCCCCCCCCCCCCCCCCCCCCCC. The molecular weight excluding hydrogens is 1440 g/mol. The molecule has 660 valence electrons. The molecule has 0 aliphatic heterocycles. The summed E-state index contributed by atoms with van der Waals surface area (Å²) in [4.78, 5) is 73.2. The number of phosphoric acid groups is 2. The molecule has 19 heteroatoms. The Hall–Kier alpha value is -1.94. The summed E-state index contributed by atoms with van der Waals surface area (Å²) >= 11 is 0. The number of carbonyl (C=O) groups excluding carboxylic acids is 4. The van der Waals surface area contributed by atoms with E-state index in [1.54, 1.807) is 0 Å². The van der Waals surface area contributed by atoms with Gasteiger partial charge in [-0.2, -0.15) is 0 Å². The highest BCUT2D eigenvalue weighted by Crippen LogP contribution is 2.45. The molecule has 0 aromatic carbocycles. The maximum Gasteiger partial charge on any atom is 0.472 e. The number of unbranched alkanes of at least 4 members (excludes halogenated alkanes) is 64. The molecule has 0 rings (SSSR count). The molecule has 0 radical (unpaired) electrons. The average Bonchev–Trinajstić information content (AvgIpc) is 0.898. The number of carbonyl (C=O) groups is 4. The molecule has 0 saturated carbocycles. The minimum atomic E-state index is -4.97. The van der Waals surface area contributed by atoms with Crippen LogP contribution in [0.2, 0.25) is 0 Å². The van der Waals surface area contributed by atoms with Gasteiger partial charge in [0.1, 0.15) is 19.3 Å². The van der Waals surface area contributed by atoms with Crippen LogP contribution in [0, 0.1) is 5.92 Å². The van der Waals surface area contributed by atoms with Crippen LogP contribution in [0.15, 0.2) is 0 Å². The Kier molecular flexibility index (Phi) is 83.0. The summed E-state index contributed by atoms with van der Waals surface area (Å²) in [5.41, 5.74) is 0. The van der Waals surface area contributed by atoms with Crippen LogP contribution >= 0.6 is 15.6 Å². The van der Waals surface area contributed by atoms with Crippen molar-refractivity contribution in [3.63, 3.8) is 0 Å². The zero-order valence-corrected chi connectivity index (χ0v) is 74.9. The predicted octanol–water partition coefficient (Wildman–Crippen LogP) is 28.7. The lowest BCUT2D eigenvalue weighted by molar-refractivity contribution is -0.161. The Balaban J connectivity index is 5.13. The van der Waals surface area contributed by atoms with Gasteiger partial charge >= 0.3 is 39.5 Å².